The molecule has 1 aliphatic rings. The van der Waals surface area contributed by atoms with Crippen LogP contribution < -0.4 is 4.72 Å². The lowest BCUT2D eigenvalue weighted by atomic mass is 10.5. The minimum absolute atomic E-state index is 0.191. The van der Waals surface area contributed by atoms with E-state index in [1.165, 1.54) is 0 Å². The predicted octanol–water partition coefficient (Wildman–Crippen LogP) is 0.334. The molecule has 1 aliphatic carbocycles. The summed E-state index contributed by atoms with van der Waals surface area (Å²) in [4.78, 5) is 0. The maximum absolute atomic E-state index is 10.9. The summed E-state index contributed by atoms with van der Waals surface area (Å²) in [7, 11) is -2.94. The van der Waals surface area contributed by atoms with Crippen molar-refractivity contribution >= 4 is 10.0 Å². The van der Waals surface area contributed by atoms with E-state index in [1.54, 1.807) is 6.92 Å². The van der Waals surface area contributed by atoms with Crippen molar-refractivity contribution in [3.8, 4) is 0 Å². The van der Waals surface area contributed by atoms with Gasteiger partial charge in [-0.1, -0.05) is 6.92 Å². The zero-order valence-corrected chi connectivity index (χ0v) is 7.11. The maximum Gasteiger partial charge on any atom is 0.211 e. The molecule has 60 valence electrons. The van der Waals surface area contributed by atoms with Gasteiger partial charge < -0.3 is 0 Å². The van der Waals surface area contributed by atoms with Crippen molar-refractivity contribution in [2.24, 2.45) is 5.92 Å². The highest BCUT2D eigenvalue weighted by molar-refractivity contribution is 7.89. The Bertz CT molecular complexity index is 210. The number of sulfonamides is 1. The van der Waals surface area contributed by atoms with Gasteiger partial charge in [-0.15, -0.1) is 0 Å². The van der Waals surface area contributed by atoms with Crippen molar-refractivity contribution in [3.05, 3.63) is 0 Å². The molecule has 0 saturated heterocycles. The van der Waals surface area contributed by atoms with Crippen molar-refractivity contribution < 1.29 is 8.42 Å². The van der Waals surface area contributed by atoms with E-state index in [4.69, 9.17) is 0 Å². The second kappa shape index (κ2) is 2.51. The minimum Gasteiger partial charge on any atom is -0.212 e. The fourth-order valence-electron chi connectivity index (χ4n) is 0.800. The molecule has 3 nitrogen and oxygen atoms in total. The van der Waals surface area contributed by atoms with E-state index < -0.39 is 10.0 Å². The quantitative estimate of drug-likeness (QED) is 0.652. The monoisotopic (exact) mass is 163 g/mol. The first-order valence-corrected chi connectivity index (χ1v) is 5.20. The summed E-state index contributed by atoms with van der Waals surface area (Å²) in [5, 5.41) is 0. The molecule has 0 amide bonds. The zero-order chi connectivity index (χ0) is 7.78. The smallest absolute Gasteiger partial charge is 0.211 e. The Morgan fingerprint density at radius 3 is 2.40 bits per heavy atom. The largest absolute Gasteiger partial charge is 0.212 e. The van der Waals surface area contributed by atoms with E-state index in [0.29, 0.717) is 5.92 Å². The third-order valence-electron chi connectivity index (χ3n) is 1.82. The fraction of sp³-hybridized carbons (Fsp3) is 1.00. The van der Waals surface area contributed by atoms with Crippen LogP contribution >= 0.6 is 0 Å². The molecule has 0 aromatic rings. The zero-order valence-electron chi connectivity index (χ0n) is 6.29. The summed E-state index contributed by atoms with van der Waals surface area (Å²) in [6.45, 7) is 3.69. The Labute approximate surface area is 61.9 Å². The second-order valence-electron chi connectivity index (χ2n) is 2.84. The van der Waals surface area contributed by atoms with Crippen LogP contribution in [0.4, 0.5) is 0 Å². The SMILES string of the molecule is CCS(=O)(=O)NC1CC1C. The second-order valence-corrected chi connectivity index (χ2v) is 4.88. The molecule has 0 aliphatic heterocycles. The maximum atomic E-state index is 10.9. The minimum atomic E-state index is -2.94. The topological polar surface area (TPSA) is 46.2 Å². The summed E-state index contributed by atoms with van der Waals surface area (Å²) in [5.74, 6) is 0.734. The summed E-state index contributed by atoms with van der Waals surface area (Å²) in [6.07, 6.45) is 0.999. The van der Waals surface area contributed by atoms with Gasteiger partial charge in [0.15, 0.2) is 0 Å². The molecule has 0 spiro atoms. The van der Waals surface area contributed by atoms with Crippen LogP contribution in [0.1, 0.15) is 20.3 Å². The summed E-state index contributed by atoms with van der Waals surface area (Å²) >= 11 is 0. The van der Waals surface area contributed by atoms with E-state index in [-0.39, 0.29) is 11.8 Å². The molecule has 0 aromatic heterocycles. The molecule has 1 saturated carbocycles. The Morgan fingerprint density at radius 1 is 1.60 bits per heavy atom. The first-order chi connectivity index (χ1) is 4.55. The van der Waals surface area contributed by atoms with Crippen molar-refractivity contribution in [2.75, 3.05) is 5.75 Å². The van der Waals surface area contributed by atoms with E-state index >= 15 is 0 Å². The molecular formula is C6H13NO2S. The van der Waals surface area contributed by atoms with Crippen LogP contribution in [0.2, 0.25) is 0 Å². The highest BCUT2D eigenvalue weighted by Crippen LogP contribution is 2.29. The van der Waals surface area contributed by atoms with Crippen LogP contribution in [0.5, 0.6) is 0 Å². The van der Waals surface area contributed by atoms with Gasteiger partial charge in [-0.25, -0.2) is 13.1 Å². The van der Waals surface area contributed by atoms with Gasteiger partial charge in [0.2, 0.25) is 10.0 Å². The first-order valence-electron chi connectivity index (χ1n) is 3.55. The lowest BCUT2D eigenvalue weighted by Crippen LogP contribution is -2.28. The highest BCUT2D eigenvalue weighted by atomic mass is 32.2. The number of hydrogen-bond acceptors (Lipinski definition) is 2. The molecule has 1 rings (SSSR count). The summed E-state index contributed by atoms with van der Waals surface area (Å²) in [6, 6.07) is 0.227. The lowest BCUT2D eigenvalue weighted by Gasteiger charge is -2.00. The Morgan fingerprint density at radius 2 is 2.10 bits per heavy atom. The van der Waals surface area contributed by atoms with Crippen LogP contribution in [0.15, 0.2) is 0 Å². The van der Waals surface area contributed by atoms with Gasteiger partial charge in [0.25, 0.3) is 0 Å². The van der Waals surface area contributed by atoms with Gasteiger partial charge in [-0.2, -0.15) is 0 Å². The average molecular weight is 163 g/mol. The van der Waals surface area contributed by atoms with Crippen LogP contribution in [0, 0.1) is 5.92 Å². The normalized spacial score (nSPS) is 32.2. The molecule has 1 fully saturated rings. The molecule has 1 N–H and O–H groups in total. The van der Waals surface area contributed by atoms with Crippen LogP contribution in [-0.4, -0.2) is 20.2 Å². The number of nitrogens with one attached hydrogen (secondary N) is 1. The third-order valence-corrected chi connectivity index (χ3v) is 3.24. The van der Waals surface area contributed by atoms with Gasteiger partial charge in [0.1, 0.15) is 0 Å². The first kappa shape index (κ1) is 8.01. The third kappa shape index (κ3) is 1.95. The highest BCUT2D eigenvalue weighted by Gasteiger charge is 2.35. The van der Waals surface area contributed by atoms with Crippen molar-refractivity contribution in [1.29, 1.82) is 0 Å². The molecule has 0 radical (unpaired) electrons. The Hall–Kier alpha value is -0.0900. The van der Waals surface area contributed by atoms with Gasteiger partial charge >= 0.3 is 0 Å². The fourth-order valence-corrected chi connectivity index (χ4v) is 1.76. The van der Waals surface area contributed by atoms with Gasteiger partial charge in [0, 0.05) is 6.04 Å². The van der Waals surface area contributed by atoms with Crippen LogP contribution in [-0.2, 0) is 10.0 Å². The molecule has 4 heteroatoms. The average Bonchev–Trinajstić information content (AvgIpc) is 2.46. The Balaban J connectivity index is 2.39. The summed E-state index contributed by atoms with van der Waals surface area (Å²) < 4.78 is 24.4. The van der Waals surface area contributed by atoms with Crippen LogP contribution in [0.3, 0.4) is 0 Å². The molecule has 2 unspecified atom stereocenters. The lowest BCUT2D eigenvalue weighted by molar-refractivity contribution is 0.579. The Kier molecular flexibility index (Phi) is 2.01. The predicted molar refractivity (Wildman–Crippen MR) is 40.2 cm³/mol. The summed E-state index contributed by atoms with van der Waals surface area (Å²) in [5.41, 5.74) is 0. The van der Waals surface area contributed by atoms with Crippen molar-refractivity contribution in [1.82, 2.24) is 4.72 Å². The molecule has 0 heterocycles. The molecule has 10 heavy (non-hydrogen) atoms. The number of hydrogen-bond donors (Lipinski definition) is 1. The molecular weight excluding hydrogens is 150 g/mol. The van der Waals surface area contributed by atoms with Gasteiger partial charge in [-0.3, -0.25) is 0 Å². The van der Waals surface area contributed by atoms with Gasteiger partial charge in [0.05, 0.1) is 5.75 Å². The molecule has 0 aromatic carbocycles. The van der Waals surface area contributed by atoms with Gasteiger partial charge in [-0.05, 0) is 19.3 Å². The molecule has 0 bridgehead atoms. The van der Waals surface area contributed by atoms with Crippen LogP contribution in [0.25, 0.3) is 0 Å². The number of rotatable bonds is 3. The van der Waals surface area contributed by atoms with E-state index in [2.05, 4.69) is 4.72 Å². The van der Waals surface area contributed by atoms with E-state index in [0.717, 1.165) is 6.42 Å². The van der Waals surface area contributed by atoms with Crippen molar-refractivity contribution in [3.63, 3.8) is 0 Å². The van der Waals surface area contributed by atoms with E-state index in [9.17, 15) is 8.42 Å². The van der Waals surface area contributed by atoms with E-state index in [1.807, 2.05) is 6.92 Å². The standard InChI is InChI=1S/C6H13NO2S/c1-3-10(8,9)7-6-4-5(6)2/h5-7H,3-4H2,1-2H3. The molecule has 2 atom stereocenters. The van der Waals surface area contributed by atoms with Crippen molar-refractivity contribution in [2.45, 2.75) is 26.3 Å².